The molecular weight excluding hydrogens is 318 g/mol. The van der Waals surface area contributed by atoms with Gasteiger partial charge in [-0.25, -0.2) is 9.67 Å². The van der Waals surface area contributed by atoms with Gasteiger partial charge in [-0.05, 0) is 32.4 Å². The Bertz CT molecular complexity index is 942. The van der Waals surface area contributed by atoms with Crippen LogP contribution in [0.5, 0.6) is 0 Å². The van der Waals surface area contributed by atoms with E-state index in [1.807, 2.05) is 32.0 Å². The summed E-state index contributed by atoms with van der Waals surface area (Å²) in [6, 6.07) is 9.20. The van der Waals surface area contributed by atoms with Gasteiger partial charge in [-0.15, -0.1) is 0 Å². The van der Waals surface area contributed by atoms with E-state index in [1.54, 1.807) is 27.6 Å². The molecule has 0 aliphatic heterocycles. The van der Waals surface area contributed by atoms with Gasteiger partial charge in [0.2, 0.25) is 5.91 Å². The Balaban J connectivity index is 1.59. The zero-order valence-corrected chi connectivity index (χ0v) is 14.3. The van der Waals surface area contributed by atoms with E-state index in [0.717, 1.165) is 0 Å². The van der Waals surface area contributed by atoms with Gasteiger partial charge in [0.15, 0.2) is 0 Å². The molecule has 1 N–H and O–H groups in total. The Morgan fingerprint density at radius 3 is 2.84 bits per heavy atom. The summed E-state index contributed by atoms with van der Waals surface area (Å²) in [6.45, 7) is 4.46. The molecule has 7 nitrogen and oxygen atoms in total. The molecule has 2 aromatic heterocycles. The van der Waals surface area contributed by atoms with E-state index in [-0.39, 0.29) is 17.5 Å². The third-order valence-electron chi connectivity index (χ3n) is 3.96. The van der Waals surface area contributed by atoms with E-state index in [0.29, 0.717) is 36.1 Å². The van der Waals surface area contributed by atoms with Crippen LogP contribution in [0.2, 0.25) is 0 Å². The molecule has 0 radical (unpaired) electrons. The van der Waals surface area contributed by atoms with E-state index in [4.69, 9.17) is 0 Å². The fourth-order valence-corrected chi connectivity index (χ4v) is 2.71. The zero-order valence-electron chi connectivity index (χ0n) is 14.3. The highest BCUT2D eigenvalue weighted by Gasteiger charge is 2.10. The highest BCUT2D eigenvalue weighted by atomic mass is 16.1. The lowest BCUT2D eigenvalue weighted by Crippen LogP contribution is -2.22. The molecule has 0 fully saturated rings. The van der Waals surface area contributed by atoms with Gasteiger partial charge >= 0.3 is 0 Å². The first-order valence-electron chi connectivity index (χ1n) is 8.34. The Morgan fingerprint density at radius 1 is 1.24 bits per heavy atom. The van der Waals surface area contributed by atoms with Gasteiger partial charge in [-0.1, -0.05) is 12.1 Å². The van der Waals surface area contributed by atoms with Crippen LogP contribution in [0.25, 0.3) is 10.9 Å². The van der Waals surface area contributed by atoms with Crippen molar-refractivity contribution in [3.05, 3.63) is 53.2 Å². The number of nitrogens with one attached hydrogen (secondary N) is 1. The number of rotatable bonds is 6. The molecule has 1 aromatic carbocycles. The number of aryl methyl sites for hydroxylation is 1. The van der Waals surface area contributed by atoms with Crippen LogP contribution < -0.4 is 10.9 Å². The molecule has 0 saturated carbocycles. The summed E-state index contributed by atoms with van der Waals surface area (Å²) < 4.78 is 3.31. The summed E-state index contributed by atoms with van der Waals surface area (Å²) in [5.74, 6) is 0.591. The van der Waals surface area contributed by atoms with Crippen molar-refractivity contribution in [2.24, 2.45) is 0 Å². The summed E-state index contributed by atoms with van der Waals surface area (Å²) in [7, 11) is 0. The summed E-state index contributed by atoms with van der Waals surface area (Å²) in [4.78, 5) is 28.8. The molecule has 1 amide bonds. The maximum absolute atomic E-state index is 12.4. The summed E-state index contributed by atoms with van der Waals surface area (Å²) in [5.41, 5.74) is 0.604. The quantitative estimate of drug-likeness (QED) is 0.748. The first-order chi connectivity index (χ1) is 12.1. The Morgan fingerprint density at radius 2 is 2.04 bits per heavy atom. The molecule has 130 valence electrons. The molecule has 0 spiro atoms. The van der Waals surface area contributed by atoms with Crippen LogP contribution in [-0.4, -0.2) is 25.2 Å². The topological polar surface area (TPSA) is 81.8 Å². The molecule has 0 aliphatic carbocycles. The molecule has 3 aromatic rings. The maximum Gasteiger partial charge on any atom is 0.261 e. The lowest BCUT2D eigenvalue weighted by Gasteiger charge is -2.12. The highest BCUT2D eigenvalue weighted by Crippen LogP contribution is 2.13. The van der Waals surface area contributed by atoms with Gasteiger partial charge in [-0.3, -0.25) is 14.2 Å². The van der Waals surface area contributed by atoms with E-state index < -0.39 is 0 Å². The molecule has 7 heteroatoms. The normalized spacial score (nSPS) is 11.2. The molecule has 2 heterocycles. The van der Waals surface area contributed by atoms with E-state index in [2.05, 4.69) is 15.4 Å². The van der Waals surface area contributed by atoms with Crippen LogP contribution in [0.4, 0.5) is 5.82 Å². The molecular formula is C18H21N5O2. The number of carbonyl (C=O) groups excluding carboxylic acids is 1. The molecule has 0 atom stereocenters. The number of amides is 1. The van der Waals surface area contributed by atoms with E-state index in [1.165, 1.54) is 6.33 Å². The predicted octanol–water partition coefficient (Wildman–Crippen LogP) is 2.59. The minimum atomic E-state index is -0.0933. The average molecular weight is 339 g/mol. The van der Waals surface area contributed by atoms with Crippen molar-refractivity contribution in [3.8, 4) is 0 Å². The number of hydrogen-bond acceptors (Lipinski definition) is 4. The van der Waals surface area contributed by atoms with Crippen molar-refractivity contribution < 1.29 is 4.79 Å². The van der Waals surface area contributed by atoms with Gasteiger partial charge in [0.25, 0.3) is 5.56 Å². The van der Waals surface area contributed by atoms with Crippen LogP contribution in [0.3, 0.4) is 0 Å². The van der Waals surface area contributed by atoms with Crippen molar-refractivity contribution >= 4 is 22.6 Å². The minimum Gasteiger partial charge on any atom is -0.311 e. The lowest BCUT2D eigenvalue weighted by atomic mass is 10.2. The van der Waals surface area contributed by atoms with Crippen LogP contribution >= 0.6 is 0 Å². The Hall–Kier alpha value is -2.96. The van der Waals surface area contributed by atoms with Crippen molar-refractivity contribution in [3.63, 3.8) is 0 Å². The maximum atomic E-state index is 12.4. The average Bonchev–Trinajstić information content (AvgIpc) is 3.05. The minimum absolute atomic E-state index is 0.0797. The van der Waals surface area contributed by atoms with Crippen LogP contribution in [0, 0.1) is 0 Å². The van der Waals surface area contributed by atoms with Crippen molar-refractivity contribution in [2.75, 3.05) is 5.32 Å². The largest absolute Gasteiger partial charge is 0.311 e. The fraction of sp³-hybridized carbons (Fsp3) is 0.333. The predicted molar refractivity (Wildman–Crippen MR) is 96.5 cm³/mol. The smallest absolute Gasteiger partial charge is 0.261 e. The Kier molecular flexibility index (Phi) is 4.92. The molecule has 0 saturated heterocycles. The number of fused-ring (bicyclic) bond motifs is 1. The van der Waals surface area contributed by atoms with Crippen LogP contribution in [-0.2, 0) is 11.3 Å². The van der Waals surface area contributed by atoms with Gasteiger partial charge in [0, 0.05) is 25.1 Å². The Labute approximate surface area is 145 Å². The first-order valence-corrected chi connectivity index (χ1v) is 8.34. The fourth-order valence-electron chi connectivity index (χ4n) is 2.71. The SMILES string of the molecule is CC(C)n1nccc1NC(=O)CCCn1cnc2ccccc2c1=O. The number of para-hydroxylation sites is 1. The lowest BCUT2D eigenvalue weighted by molar-refractivity contribution is -0.116. The second-order valence-corrected chi connectivity index (χ2v) is 6.17. The molecule has 0 unspecified atom stereocenters. The summed E-state index contributed by atoms with van der Waals surface area (Å²) >= 11 is 0. The van der Waals surface area contributed by atoms with Crippen LogP contribution in [0.15, 0.2) is 47.7 Å². The second-order valence-electron chi connectivity index (χ2n) is 6.17. The van der Waals surface area contributed by atoms with Crippen molar-refractivity contribution in [1.82, 2.24) is 19.3 Å². The van der Waals surface area contributed by atoms with Crippen molar-refractivity contribution in [2.45, 2.75) is 39.3 Å². The van der Waals surface area contributed by atoms with Crippen molar-refractivity contribution in [1.29, 1.82) is 0 Å². The molecule has 3 rings (SSSR count). The molecule has 0 bridgehead atoms. The highest BCUT2D eigenvalue weighted by molar-refractivity contribution is 5.89. The van der Waals surface area contributed by atoms with E-state index >= 15 is 0 Å². The van der Waals surface area contributed by atoms with Crippen LogP contribution in [0.1, 0.15) is 32.7 Å². The van der Waals surface area contributed by atoms with Gasteiger partial charge in [0.05, 0.1) is 23.4 Å². The standard InChI is InChI=1S/C18H21N5O2/c1-13(2)23-16(9-10-20-23)21-17(24)8-5-11-22-12-19-15-7-4-3-6-14(15)18(22)25/h3-4,6-7,9-10,12-13H,5,8,11H2,1-2H3,(H,21,24). The summed E-state index contributed by atoms with van der Waals surface area (Å²) in [5, 5.41) is 7.64. The second kappa shape index (κ2) is 7.29. The van der Waals surface area contributed by atoms with Gasteiger partial charge in [0.1, 0.15) is 5.82 Å². The number of carbonyl (C=O) groups is 1. The monoisotopic (exact) mass is 339 g/mol. The molecule has 25 heavy (non-hydrogen) atoms. The number of aromatic nitrogens is 4. The number of nitrogens with zero attached hydrogens (tertiary/aromatic N) is 4. The molecule has 0 aliphatic rings. The number of benzene rings is 1. The first kappa shape index (κ1) is 16.9. The third-order valence-corrected chi connectivity index (χ3v) is 3.96. The van der Waals surface area contributed by atoms with E-state index in [9.17, 15) is 9.59 Å². The number of hydrogen-bond donors (Lipinski definition) is 1. The number of anilines is 1. The van der Waals surface area contributed by atoms with Gasteiger partial charge < -0.3 is 5.32 Å². The summed E-state index contributed by atoms with van der Waals surface area (Å²) in [6.07, 6.45) is 4.08. The van der Waals surface area contributed by atoms with Gasteiger partial charge in [-0.2, -0.15) is 5.10 Å². The third kappa shape index (κ3) is 3.76. The zero-order chi connectivity index (χ0) is 17.8.